The topological polar surface area (TPSA) is 15.8 Å². The Hall–Kier alpha value is -2.02. The number of aromatic amines is 1. The SMILES string of the molecule is C=C/C=C(\C=C)c1[nH]c2ccccc2c1C.CC.CC. The van der Waals surface area contributed by atoms with Crippen LogP contribution in [0, 0.1) is 6.92 Å². The van der Waals surface area contributed by atoms with Crippen molar-refractivity contribution in [2.24, 2.45) is 0 Å². The molecule has 0 unspecified atom stereocenters. The van der Waals surface area contributed by atoms with Crippen LogP contribution in [-0.2, 0) is 0 Å². The number of hydrogen-bond donors (Lipinski definition) is 1. The van der Waals surface area contributed by atoms with Crippen molar-refractivity contribution in [3.63, 3.8) is 0 Å². The molecule has 2 rings (SSSR count). The lowest BCUT2D eigenvalue weighted by Gasteiger charge is -1.99. The number of para-hydroxylation sites is 1. The first-order valence-electron chi connectivity index (χ1n) is 7.30. The molecule has 1 nitrogen and oxygen atoms in total. The van der Waals surface area contributed by atoms with Crippen LogP contribution < -0.4 is 0 Å². The fourth-order valence-corrected chi connectivity index (χ4v) is 1.95. The zero-order valence-corrected chi connectivity index (χ0v) is 13.5. The van der Waals surface area contributed by atoms with Crippen molar-refractivity contribution in [3.8, 4) is 0 Å². The molecule has 0 aliphatic heterocycles. The van der Waals surface area contributed by atoms with Crippen molar-refractivity contribution in [1.29, 1.82) is 0 Å². The van der Waals surface area contributed by atoms with Crippen LogP contribution >= 0.6 is 0 Å². The molecule has 0 radical (unpaired) electrons. The second kappa shape index (κ2) is 9.85. The molecule has 0 atom stereocenters. The van der Waals surface area contributed by atoms with Gasteiger partial charge in [0.15, 0.2) is 0 Å². The van der Waals surface area contributed by atoms with Gasteiger partial charge < -0.3 is 4.98 Å². The minimum absolute atomic E-state index is 1.07. The van der Waals surface area contributed by atoms with Crippen molar-refractivity contribution in [2.75, 3.05) is 0 Å². The number of H-pyrrole nitrogens is 1. The van der Waals surface area contributed by atoms with Gasteiger partial charge in [-0.3, -0.25) is 0 Å². The van der Waals surface area contributed by atoms with Crippen LogP contribution in [0.3, 0.4) is 0 Å². The van der Waals surface area contributed by atoms with Gasteiger partial charge >= 0.3 is 0 Å². The minimum Gasteiger partial charge on any atom is -0.354 e. The predicted octanol–water partition coefficient (Wildman–Crippen LogP) is 6.28. The summed E-state index contributed by atoms with van der Waals surface area (Å²) in [6.45, 7) is 17.7. The highest BCUT2D eigenvalue weighted by Crippen LogP contribution is 2.26. The zero-order valence-electron chi connectivity index (χ0n) is 13.5. The van der Waals surface area contributed by atoms with E-state index in [1.807, 2.05) is 45.9 Å². The second-order valence-electron chi connectivity index (χ2n) is 3.73. The summed E-state index contributed by atoms with van der Waals surface area (Å²) in [4.78, 5) is 3.41. The third-order valence-electron chi connectivity index (χ3n) is 2.77. The predicted molar refractivity (Wildman–Crippen MR) is 94.1 cm³/mol. The Balaban J connectivity index is 0.000000829. The van der Waals surface area contributed by atoms with Crippen molar-refractivity contribution >= 4 is 16.5 Å². The summed E-state index contributed by atoms with van der Waals surface area (Å²) >= 11 is 0. The Morgan fingerprint density at radius 3 is 2.15 bits per heavy atom. The van der Waals surface area contributed by atoms with E-state index in [4.69, 9.17) is 0 Å². The number of fused-ring (bicyclic) bond motifs is 1. The molecular weight excluding hydrogens is 242 g/mol. The van der Waals surface area contributed by atoms with Gasteiger partial charge in [0.05, 0.1) is 0 Å². The molecule has 0 spiro atoms. The molecule has 1 aromatic heterocycles. The number of aromatic nitrogens is 1. The normalized spacial score (nSPS) is 9.95. The highest BCUT2D eigenvalue weighted by Gasteiger charge is 2.08. The summed E-state index contributed by atoms with van der Waals surface area (Å²) in [7, 11) is 0. The van der Waals surface area contributed by atoms with Crippen LogP contribution in [-0.4, -0.2) is 4.98 Å². The van der Waals surface area contributed by atoms with E-state index in [-0.39, 0.29) is 0 Å². The Labute approximate surface area is 123 Å². The molecule has 2 aromatic rings. The van der Waals surface area contributed by atoms with Crippen LogP contribution in [0.5, 0.6) is 0 Å². The first kappa shape index (κ1) is 18.0. The van der Waals surface area contributed by atoms with Crippen molar-refractivity contribution < 1.29 is 0 Å². The van der Waals surface area contributed by atoms with Gasteiger partial charge in [-0.25, -0.2) is 0 Å². The van der Waals surface area contributed by atoms with E-state index in [2.05, 4.69) is 43.3 Å². The summed E-state index contributed by atoms with van der Waals surface area (Å²) in [5.41, 5.74) is 4.61. The van der Waals surface area contributed by atoms with Crippen LogP contribution in [0.15, 0.2) is 55.7 Å². The quantitative estimate of drug-likeness (QED) is 0.631. The van der Waals surface area contributed by atoms with Crippen LogP contribution in [0.4, 0.5) is 0 Å². The van der Waals surface area contributed by atoms with Crippen molar-refractivity contribution in [2.45, 2.75) is 34.6 Å². The van der Waals surface area contributed by atoms with Gasteiger partial charge in [0.25, 0.3) is 0 Å². The summed E-state index contributed by atoms with van der Waals surface area (Å²) < 4.78 is 0. The summed E-state index contributed by atoms with van der Waals surface area (Å²) in [5, 5.41) is 1.26. The largest absolute Gasteiger partial charge is 0.354 e. The van der Waals surface area contributed by atoms with Gasteiger partial charge in [0.2, 0.25) is 0 Å². The fourth-order valence-electron chi connectivity index (χ4n) is 1.95. The smallest absolute Gasteiger partial charge is 0.0494 e. The Morgan fingerprint density at radius 1 is 1.05 bits per heavy atom. The first-order chi connectivity index (χ1) is 9.77. The number of aryl methyl sites for hydroxylation is 1. The van der Waals surface area contributed by atoms with Gasteiger partial charge in [-0.15, -0.1) is 0 Å². The lowest BCUT2D eigenvalue weighted by atomic mass is 10.1. The molecule has 1 N–H and O–H groups in total. The average Bonchev–Trinajstić information content (AvgIpc) is 2.86. The minimum atomic E-state index is 1.07. The molecular formula is C19H27N. The highest BCUT2D eigenvalue weighted by molar-refractivity contribution is 5.90. The number of allylic oxidation sites excluding steroid dienone is 4. The number of nitrogens with one attached hydrogen (secondary N) is 1. The molecule has 1 aromatic carbocycles. The van der Waals surface area contributed by atoms with E-state index < -0.39 is 0 Å². The molecule has 0 bridgehead atoms. The van der Waals surface area contributed by atoms with E-state index >= 15 is 0 Å². The van der Waals surface area contributed by atoms with Gasteiger partial charge in [0, 0.05) is 16.6 Å². The molecule has 1 heteroatoms. The molecule has 108 valence electrons. The van der Waals surface area contributed by atoms with Gasteiger partial charge in [0.1, 0.15) is 0 Å². The van der Waals surface area contributed by atoms with E-state index in [9.17, 15) is 0 Å². The third-order valence-corrected chi connectivity index (χ3v) is 2.77. The molecule has 0 aliphatic carbocycles. The average molecular weight is 269 g/mol. The van der Waals surface area contributed by atoms with Crippen molar-refractivity contribution in [1.82, 2.24) is 4.98 Å². The molecule has 0 aliphatic rings. The summed E-state index contributed by atoms with van der Waals surface area (Å²) in [6, 6.07) is 8.30. The first-order valence-corrected chi connectivity index (χ1v) is 7.30. The molecule has 0 fully saturated rings. The van der Waals surface area contributed by atoms with Crippen LogP contribution in [0.2, 0.25) is 0 Å². The maximum Gasteiger partial charge on any atom is 0.0494 e. The Kier molecular flexibility index (Phi) is 8.86. The van der Waals surface area contributed by atoms with Gasteiger partial charge in [-0.1, -0.05) is 77.3 Å². The number of rotatable bonds is 3. The lowest BCUT2D eigenvalue weighted by molar-refractivity contribution is 1.36. The van der Waals surface area contributed by atoms with E-state index in [0.717, 1.165) is 16.8 Å². The van der Waals surface area contributed by atoms with E-state index in [0.29, 0.717) is 0 Å². The maximum absolute atomic E-state index is 3.83. The summed E-state index contributed by atoms with van der Waals surface area (Å²) in [6.07, 6.45) is 5.59. The summed E-state index contributed by atoms with van der Waals surface area (Å²) in [5.74, 6) is 0. The number of hydrogen-bond acceptors (Lipinski definition) is 0. The van der Waals surface area contributed by atoms with Crippen LogP contribution in [0.25, 0.3) is 16.5 Å². The third kappa shape index (κ3) is 3.99. The molecule has 20 heavy (non-hydrogen) atoms. The number of benzene rings is 1. The van der Waals surface area contributed by atoms with Crippen LogP contribution in [0.1, 0.15) is 39.0 Å². The fraction of sp³-hybridized carbons (Fsp3) is 0.263. The van der Waals surface area contributed by atoms with Gasteiger partial charge in [-0.2, -0.15) is 0 Å². The van der Waals surface area contributed by atoms with Crippen molar-refractivity contribution in [3.05, 3.63) is 66.9 Å². The monoisotopic (exact) mass is 269 g/mol. The Bertz CT molecular complexity index is 570. The molecule has 0 saturated heterocycles. The molecule has 0 saturated carbocycles. The maximum atomic E-state index is 3.83. The highest BCUT2D eigenvalue weighted by atomic mass is 14.7. The van der Waals surface area contributed by atoms with E-state index in [1.54, 1.807) is 6.08 Å². The Morgan fingerprint density at radius 2 is 1.65 bits per heavy atom. The second-order valence-corrected chi connectivity index (χ2v) is 3.73. The lowest BCUT2D eigenvalue weighted by Crippen LogP contribution is -1.83. The standard InChI is InChI=1S/C15H15N.2C2H6/c1-4-8-12(5-2)15-11(3)13-9-6-7-10-14(13)16-15;2*1-2/h4-10,16H,1-2H2,3H3;2*1-2H3/b12-8+;;. The van der Waals surface area contributed by atoms with E-state index in [1.165, 1.54) is 10.9 Å². The molecule has 0 amide bonds. The zero-order chi connectivity index (χ0) is 15.5. The molecule has 1 heterocycles. The van der Waals surface area contributed by atoms with Gasteiger partial charge in [-0.05, 0) is 24.1 Å².